The first-order valence-electron chi connectivity index (χ1n) is 9.99. The number of aryl methyl sites for hydroxylation is 1. The minimum absolute atomic E-state index is 0.0615. The molecule has 29 heavy (non-hydrogen) atoms. The summed E-state index contributed by atoms with van der Waals surface area (Å²) in [5.41, 5.74) is 0.815. The normalized spacial score (nSPS) is 19.7. The van der Waals surface area contributed by atoms with E-state index in [0.717, 1.165) is 23.3 Å². The molecule has 1 saturated heterocycles. The number of hydrogen-bond acceptors (Lipinski definition) is 3. The Balaban J connectivity index is 1.60. The van der Waals surface area contributed by atoms with Gasteiger partial charge in [-0.25, -0.2) is 4.79 Å². The first-order valence-corrected chi connectivity index (χ1v) is 9.99. The molecule has 1 fully saturated rings. The van der Waals surface area contributed by atoms with E-state index in [4.69, 9.17) is 0 Å². The maximum Gasteiger partial charge on any atom is 0.325 e. The zero-order valence-corrected chi connectivity index (χ0v) is 16.9. The molecule has 3 rings (SSSR count). The number of amides is 4. The lowest BCUT2D eigenvalue weighted by Gasteiger charge is -2.25. The predicted octanol–water partition coefficient (Wildman–Crippen LogP) is 2.98. The third-order valence-electron chi connectivity index (χ3n) is 5.39. The van der Waals surface area contributed by atoms with Crippen molar-refractivity contribution < 1.29 is 14.4 Å². The van der Waals surface area contributed by atoms with Gasteiger partial charge in [0.15, 0.2) is 0 Å². The summed E-state index contributed by atoms with van der Waals surface area (Å²) in [6, 6.07) is 18.6. The minimum atomic E-state index is -1.11. The number of urea groups is 1. The number of imide groups is 1. The van der Waals surface area contributed by atoms with Gasteiger partial charge in [-0.15, -0.1) is 0 Å². The van der Waals surface area contributed by atoms with Gasteiger partial charge in [0.05, 0.1) is 0 Å². The predicted molar refractivity (Wildman–Crippen MR) is 111 cm³/mol. The molecule has 152 valence electrons. The number of carbonyl (C=O) groups is 3. The molecule has 1 aliphatic rings. The molecule has 6 heteroatoms. The summed E-state index contributed by atoms with van der Waals surface area (Å²) in [4.78, 5) is 39.0. The molecule has 0 aromatic heterocycles. The van der Waals surface area contributed by atoms with Crippen molar-refractivity contribution in [3.8, 4) is 0 Å². The smallest absolute Gasteiger partial charge is 0.325 e. The lowest BCUT2D eigenvalue weighted by molar-refractivity contribution is -0.135. The first-order chi connectivity index (χ1) is 14.0. The fourth-order valence-corrected chi connectivity index (χ4v) is 3.70. The van der Waals surface area contributed by atoms with Gasteiger partial charge in [-0.1, -0.05) is 67.6 Å². The highest BCUT2D eigenvalue weighted by molar-refractivity contribution is 6.09. The highest BCUT2D eigenvalue weighted by atomic mass is 16.2. The lowest BCUT2D eigenvalue weighted by atomic mass is 9.87. The number of hydrogen-bond donors (Lipinski definition) is 2. The zero-order chi connectivity index (χ0) is 20.9. The van der Waals surface area contributed by atoms with E-state index in [1.54, 1.807) is 0 Å². The number of carbonyl (C=O) groups excluding carboxylic acids is 3. The van der Waals surface area contributed by atoms with Crippen molar-refractivity contribution in [1.29, 1.82) is 0 Å². The highest BCUT2D eigenvalue weighted by Gasteiger charge is 2.51. The van der Waals surface area contributed by atoms with Crippen LogP contribution in [0.3, 0.4) is 0 Å². The van der Waals surface area contributed by atoms with E-state index in [9.17, 15) is 14.4 Å². The average molecular weight is 393 g/mol. The Morgan fingerprint density at radius 3 is 2.31 bits per heavy atom. The average Bonchev–Trinajstić information content (AvgIpc) is 2.98. The summed E-state index contributed by atoms with van der Waals surface area (Å²) in [6.07, 6.45) is 2.03. The van der Waals surface area contributed by atoms with Crippen LogP contribution in [0.5, 0.6) is 0 Å². The Hall–Kier alpha value is -3.15. The molecule has 2 atom stereocenters. The van der Waals surface area contributed by atoms with Gasteiger partial charge in [0.25, 0.3) is 5.91 Å². The Labute approximate surface area is 171 Å². The standard InChI is InChI=1S/C23H27N3O3/c1-3-23(19-12-8-5-9-13-19)21(28)26(22(29)25-23)16-20(27)24-17(2)14-15-18-10-6-4-7-11-18/h4-13,17H,3,14-16H2,1-2H3,(H,24,27)(H,25,29). The van der Waals surface area contributed by atoms with E-state index in [0.29, 0.717) is 6.42 Å². The van der Waals surface area contributed by atoms with Crippen LogP contribution in [0.25, 0.3) is 0 Å². The number of rotatable bonds is 8. The van der Waals surface area contributed by atoms with Gasteiger partial charge in [0.1, 0.15) is 12.1 Å². The Morgan fingerprint density at radius 2 is 1.69 bits per heavy atom. The van der Waals surface area contributed by atoms with Crippen LogP contribution in [0.2, 0.25) is 0 Å². The van der Waals surface area contributed by atoms with Crippen LogP contribution in [0.15, 0.2) is 60.7 Å². The molecule has 1 heterocycles. The van der Waals surface area contributed by atoms with Crippen LogP contribution in [0.1, 0.15) is 37.8 Å². The van der Waals surface area contributed by atoms with Gasteiger partial charge in [-0.2, -0.15) is 0 Å². The second kappa shape index (κ2) is 8.90. The summed E-state index contributed by atoms with van der Waals surface area (Å²) in [7, 11) is 0. The Kier molecular flexibility index (Phi) is 6.32. The maximum absolute atomic E-state index is 13.1. The molecular formula is C23H27N3O3. The molecule has 2 unspecified atom stereocenters. The topological polar surface area (TPSA) is 78.5 Å². The van der Waals surface area contributed by atoms with E-state index in [-0.39, 0.29) is 24.4 Å². The molecule has 0 aliphatic carbocycles. The summed E-state index contributed by atoms with van der Waals surface area (Å²) in [6.45, 7) is 3.49. The number of benzene rings is 2. The molecule has 2 aromatic carbocycles. The molecule has 0 spiro atoms. The summed E-state index contributed by atoms with van der Waals surface area (Å²) in [5.74, 6) is -0.725. The summed E-state index contributed by atoms with van der Waals surface area (Å²) >= 11 is 0. The van der Waals surface area contributed by atoms with E-state index in [1.807, 2.05) is 62.4 Å². The fourth-order valence-electron chi connectivity index (χ4n) is 3.70. The second-order valence-electron chi connectivity index (χ2n) is 7.44. The first kappa shape index (κ1) is 20.6. The Morgan fingerprint density at radius 1 is 1.07 bits per heavy atom. The van der Waals surface area contributed by atoms with Crippen molar-refractivity contribution in [2.45, 2.75) is 44.7 Å². The highest BCUT2D eigenvalue weighted by Crippen LogP contribution is 2.32. The second-order valence-corrected chi connectivity index (χ2v) is 7.44. The van der Waals surface area contributed by atoms with Gasteiger partial charge in [-0.05, 0) is 37.3 Å². The van der Waals surface area contributed by atoms with Crippen molar-refractivity contribution in [3.05, 3.63) is 71.8 Å². The van der Waals surface area contributed by atoms with Crippen LogP contribution in [0.4, 0.5) is 4.79 Å². The van der Waals surface area contributed by atoms with Crippen molar-refractivity contribution >= 4 is 17.8 Å². The molecule has 4 amide bonds. The Bertz CT molecular complexity index is 869. The molecule has 2 aromatic rings. The van der Waals surface area contributed by atoms with Crippen molar-refractivity contribution in [2.24, 2.45) is 0 Å². The van der Waals surface area contributed by atoms with E-state index in [2.05, 4.69) is 22.8 Å². The third kappa shape index (κ3) is 4.47. The molecule has 0 saturated carbocycles. The molecular weight excluding hydrogens is 366 g/mol. The maximum atomic E-state index is 13.1. The van der Waals surface area contributed by atoms with Crippen LogP contribution in [-0.4, -0.2) is 35.3 Å². The van der Waals surface area contributed by atoms with Crippen LogP contribution in [-0.2, 0) is 21.5 Å². The van der Waals surface area contributed by atoms with E-state index >= 15 is 0 Å². The minimum Gasteiger partial charge on any atom is -0.352 e. The van der Waals surface area contributed by atoms with Gasteiger partial charge in [-0.3, -0.25) is 14.5 Å². The molecule has 6 nitrogen and oxygen atoms in total. The van der Waals surface area contributed by atoms with Gasteiger partial charge < -0.3 is 10.6 Å². The molecule has 1 aliphatic heterocycles. The molecule has 0 bridgehead atoms. The molecule has 2 N–H and O–H groups in total. The lowest BCUT2D eigenvalue weighted by Crippen LogP contribution is -2.45. The fraction of sp³-hybridized carbons (Fsp3) is 0.348. The van der Waals surface area contributed by atoms with Crippen molar-refractivity contribution in [3.63, 3.8) is 0 Å². The van der Waals surface area contributed by atoms with Gasteiger partial charge in [0, 0.05) is 6.04 Å². The van der Waals surface area contributed by atoms with Crippen molar-refractivity contribution in [1.82, 2.24) is 15.5 Å². The largest absolute Gasteiger partial charge is 0.352 e. The summed E-state index contributed by atoms with van der Waals surface area (Å²) < 4.78 is 0. The van der Waals surface area contributed by atoms with Crippen molar-refractivity contribution in [2.75, 3.05) is 6.54 Å². The molecule has 0 radical (unpaired) electrons. The van der Waals surface area contributed by atoms with Gasteiger partial charge >= 0.3 is 6.03 Å². The van der Waals surface area contributed by atoms with Crippen LogP contribution in [0, 0.1) is 0 Å². The SMILES string of the molecule is CCC1(c2ccccc2)NC(=O)N(CC(=O)NC(C)CCc2ccccc2)C1=O. The third-order valence-corrected chi connectivity index (χ3v) is 5.39. The zero-order valence-electron chi connectivity index (χ0n) is 16.9. The van der Waals surface area contributed by atoms with Crippen LogP contribution >= 0.6 is 0 Å². The van der Waals surface area contributed by atoms with Gasteiger partial charge in [0.2, 0.25) is 5.91 Å². The van der Waals surface area contributed by atoms with Crippen LogP contribution < -0.4 is 10.6 Å². The number of nitrogens with one attached hydrogen (secondary N) is 2. The monoisotopic (exact) mass is 393 g/mol. The van der Waals surface area contributed by atoms with E-state index in [1.165, 1.54) is 5.56 Å². The quantitative estimate of drug-likeness (QED) is 0.677. The number of nitrogens with zero attached hydrogens (tertiary/aromatic N) is 1. The summed E-state index contributed by atoms with van der Waals surface area (Å²) in [5, 5.41) is 5.69. The van der Waals surface area contributed by atoms with E-state index < -0.39 is 11.6 Å².